The van der Waals surface area contributed by atoms with Gasteiger partial charge in [-0.15, -0.1) is 0 Å². The van der Waals surface area contributed by atoms with Crippen molar-refractivity contribution in [1.29, 1.82) is 0 Å². The molecule has 0 spiro atoms. The smallest absolute Gasteiger partial charge is 0.411 e. The average molecular weight is 290 g/mol. The number of benzene rings is 1. The Morgan fingerprint density at radius 2 is 1.86 bits per heavy atom. The maximum absolute atomic E-state index is 11.4. The molecule has 0 radical (unpaired) electrons. The second kappa shape index (κ2) is 8.29. The van der Waals surface area contributed by atoms with Crippen LogP contribution in [-0.2, 0) is 19.1 Å². The van der Waals surface area contributed by atoms with Gasteiger partial charge in [0.25, 0.3) is 0 Å². The minimum Gasteiger partial charge on any atom is -0.459 e. The van der Waals surface area contributed by atoms with Crippen molar-refractivity contribution < 1.29 is 23.9 Å². The third-order valence-electron chi connectivity index (χ3n) is 2.19. The topological polar surface area (TPSA) is 94.1 Å². The standard InChI is InChI=1S/C14H14N2O5/c1-10(2)13(18)20-7-8-21-14(19)16-12-5-3-11(4-6-12)15-9-17/h3-6H,1,7-8H2,2H3,(H,16,19). The number of nitrogens with one attached hydrogen (secondary N) is 1. The van der Waals surface area contributed by atoms with Crippen LogP contribution in [0.3, 0.4) is 0 Å². The van der Waals surface area contributed by atoms with Crippen LogP contribution in [0.2, 0.25) is 0 Å². The predicted molar refractivity (Wildman–Crippen MR) is 75.0 cm³/mol. The maximum Gasteiger partial charge on any atom is 0.411 e. The average Bonchev–Trinajstić information content (AvgIpc) is 2.45. The first-order valence-corrected chi connectivity index (χ1v) is 5.97. The SMILES string of the molecule is C=C(C)C(=O)OCCOC(=O)Nc1ccc(N=C=O)cc1. The fourth-order valence-corrected chi connectivity index (χ4v) is 1.22. The van der Waals surface area contributed by atoms with E-state index in [0.717, 1.165) is 0 Å². The molecule has 0 atom stereocenters. The second-order valence-corrected chi connectivity index (χ2v) is 3.93. The van der Waals surface area contributed by atoms with E-state index in [1.807, 2.05) is 0 Å². The van der Waals surface area contributed by atoms with E-state index in [9.17, 15) is 14.4 Å². The molecule has 0 aromatic heterocycles. The summed E-state index contributed by atoms with van der Waals surface area (Å²) >= 11 is 0. The summed E-state index contributed by atoms with van der Waals surface area (Å²) in [6.45, 7) is 4.82. The fraction of sp³-hybridized carbons (Fsp3) is 0.214. The van der Waals surface area contributed by atoms with Crippen molar-refractivity contribution in [3.63, 3.8) is 0 Å². The molecule has 0 unspecified atom stereocenters. The Morgan fingerprint density at radius 1 is 1.24 bits per heavy atom. The summed E-state index contributed by atoms with van der Waals surface area (Å²) < 4.78 is 9.57. The molecule has 1 amide bonds. The highest BCUT2D eigenvalue weighted by atomic mass is 16.6. The van der Waals surface area contributed by atoms with E-state index in [0.29, 0.717) is 11.4 Å². The molecule has 7 heteroatoms. The molecule has 0 aliphatic heterocycles. The van der Waals surface area contributed by atoms with E-state index >= 15 is 0 Å². The van der Waals surface area contributed by atoms with Crippen LogP contribution >= 0.6 is 0 Å². The Labute approximate surface area is 121 Å². The first kappa shape index (κ1) is 16.1. The number of carbonyl (C=O) groups excluding carboxylic acids is 3. The maximum atomic E-state index is 11.4. The Morgan fingerprint density at radius 3 is 2.43 bits per heavy atom. The van der Waals surface area contributed by atoms with E-state index in [-0.39, 0.29) is 18.8 Å². The Hall–Kier alpha value is -2.92. The number of hydrogen-bond acceptors (Lipinski definition) is 6. The highest BCUT2D eigenvalue weighted by Crippen LogP contribution is 2.15. The fourth-order valence-electron chi connectivity index (χ4n) is 1.22. The van der Waals surface area contributed by atoms with Crippen molar-refractivity contribution in [3.05, 3.63) is 36.4 Å². The molecule has 1 N–H and O–H groups in total. The molecular formula is C14H14N2O5. The molecule has 110 valence electrons. The van der Waals surface area contributed by atoms with Crippen molar-refractivity contribution in [2.45, 2.75) is 6.92 Å². The lowest BCUT2D eigenvalue weighted by atomic mass is 10.3. The number of esters is 1. The number of hydrogen-bond donors (Lipinski definition) is 1. The van der Waals surface area contributed by atoms with Gasteiger partial charge in [0, 0.05) is 11.3 Å². The van der Waals surface area contributed by atoms with Gasteiger partial charge in [0.2, 0.25) is 6.08 Å². The van der Waals surface area contributed by atoms with Crippen molar-refractivity contribution in [2.24, 2.45) is 4.99 Å². The third kappa shape index (κ3) is 6.17. The monoisotopic (exact) mass is 290 g/mol. The quantitative estimate of drug-likeness (QED) is 0.285. The van der Waals surface area contributed by atoms with Crippen molar-refractivity contribution in [1.82, 2.24) is 0 Å². The summed E-state index contributed by atoms with van der Waals surface area (Å²) in [7, 11) is 0. The van der Waals surface area contributed by atoms with Gasteiger partial charge in [0.1, 0.15) is 13.2 Å². The first-order chi connectivity index (χ1) is 10.0. The molecular weight excluding hydrogens is 276 g/mol. The van der Waals surface area contributed by atoms with Gasteiger partial charge in [-0.3, -0.25) is 5.32 Å². The minimum absolute atomic E-state index is 0.0495. The van der Waals surface area contributed by atoms with E-state index in [1.54, 1.807) is 12.1 Å². The number of amides is 1. The number of isocyanates is 1. The van der Waals surface area contributed by atoms with Gasteiger partial charge in [-0.25, -0.2) is 14.4 Å². The first-order valence-electron chi connectivity index (χ1n) is 5.97. The molecule has 0 saturated heterocycles. The zero-order valence-electron chi connectivity index (χ0n) is 11.4. The van der Waals surface area contributed by atoms with Crippen LogP contribution < -0.4 is 5.32 Å². The normalized spacial score (nSPS) is 9.19. The van der Waals surface area contributed by atoms with Crippen LogP contribution in [0.15, 0.2) is 41.4 Å². The molecule has 21 heavy (non-hydrogen) atoms. The molecule has 7 nitrogen and oxygen atoms in total. The number of rotatable bonds is 6. The lowest BCUT2D eigenvalue weighted by Crippen LogP contribution is -2.18. The molecule has 0 saturated carbocycles. The van der Waals surface area contributed by atoms with E-state index in [4.69, 9.17) is 9.47 Å². The lowest BCUT2D eigenvalue weighted by Gasteiger charge is -2.07. The van der Waals surface area contributed by atoms with Gasteiger partial charge in [-0.05, 0) is 31.2 Å². The Balaban J connectivity index is 2.32. The number of anilines is 1. The van der Waals surface area contributed by atoms with Gasteiger partial charge < -0.3 is 9.47 Å². The summed E-state index contributed by atoms with van der Waals surface area (Å²) in [5.74, 6) is -0.537. The summed E-state index contributed by atoms with van der Waals surface area (Å²) in [6.07, 6.45) is 0.724. The molecule has 1 aromatic carbocycles. The summed E-state index contributed by atoms with van der Waals surface area (Å²) in [4.78, 5) is 35.9. The Bertz CT molecular complexity index is 574. The van der Waals surface area contributed by atoms with E-state index in [1.165, 1.54) is 25.1 Å². The van der Waals surface area contributed by atoms with Crippen molar-refractivity contribution >= 4 is 29.5 Å². The molecule has 1 rings (SSSR count). The number of carbonyl (C=O) groups is 2. The zero-order chi connectivity index (χ0) is 15.7. The molecule has 0 fully saturated rings. The van der Waals surface area contributed by atoms with E-state index in [2.05, 4.69) is 16.9 Å². The highest BCUT2D eigenvalue weighted by molar-refractivity contribution is 5.87. The van der Waals surface area contributed by atoms with E-state index < -0.39 is 12.1 Å². The van der Waals surface area contributed by atoms with Crippen LogP contribution in [0.5, 0.6) is 0 Å². The zero-order valence-corrected chi connectivity index (χ0v) is 11.4. The third-order valence-corrected chi connectivity index (χ3v) is 2.19. The lowest BCUT2D eigenvalue weighted by molar-refractivity contribution is -0.139. The number of nitrogens with zero attached hydrogens (tertiary/aromatic N) is 1. The summed E-state index contributed by atoms with van der Waals surface area (Å²) in [5.41, 5.74) is 1.18. The second-order valence-electron chi connectivity index (χ2n) is 3.93. The molecule has 0 aliphatic rings. The van der Waals surface area contributed by atoms with Crippen LogP contribution in [-0.4, -0.2) is 31.4 Å². The van der Waals surface area contributed by atoms with Gasteiger partial charge in [-0.2, -0.15) is 4.99 Å². The van der Waals surface area contributed by atoms with Crippen LogP contribution in [0.4, 0.5) is 16.2 Å². The number of ether oxygens (including phenoxy) is 2. The molecule has 0 bridgehead atoms. The molecule has 0 aliphatic carbocycles. The van der Waals surface area contributed by atoms with Crippen LogP contribution in [0.25, 0.3) is 0 Å². The largest absolute Gasteiger partial charge is 0.459 e. The Kier molecular flexibility index (Phi) is 6.37. The minimum atomic E-state index is -0.687. The predicted octanol–water partition coefficient (Wildman–Crippen LogP) is 2.32. The highest BCUT2D eigenvalue weighted by Gasteiger charge is 2.05. The summed E-state index contributed by atoms with van der Waals surface area (Å²) in [5, 5.41) is 2.46. The van der Waals surface area contributed by atoms with Crippen molar-refractivity contribution in [3.8, 4) is 0 Å². The van der Waals surface area contributed by atoms with Gasteiger partial charge in [-0.1, -0.05) is 6.58 Å². The number of aliphatic imine (C=N–C) groups is 1. The van der Waals surface area contributed by atoms with Gasteiger partial charge in [0.15, 0.2) is 0 Å². The molecule has 1 aromatic rings. The van der Waals surface area contributed by atoms with Crippen molar-refractivity contribution in [2.75, 3.05) is 18.5 Å². The van der Waals surface area contributed by atoms with Crippen LogP contribution in [0.1, 0.15) is 6.92 Å². The van der Waals surface area contributed by atoms with Gasteiger partial charge >= 0.3 is 12.1 Å². The van der Waals surface area contributed by atoms with Gasteiger partial charge in [0.05, 0.1) is 5.69 Å². The van der Waals surface area contributed by atoms with Crippen LogP contribution in [0, 0.1) is 0 Å². The molecule has 0 heterocycles. The summed E-state index contributed by atoms with van der Waals surface area (Å²) in [6, 6.07) is 6.18.